The molecule has 23 heavy (non-hydrogen) atoms. The first kappa shape index (κ1) is 17.5. The Morgan fingerprint density at radius 1 is 1.26 bits per heavy atom. The van der Waals surface area contributed by atoms with Crippen molar-refractivity contribution in [2.75, 3.05) is 27.2 Å². The highest BCUT2D eigenvalue weighted by Gasteiger charge is 2.16. The van der Waals surface area contributed by atoms with Gasteiger partial charge in [0.25, 0.3) is 0 Å². The van der Waals surface area contributed by atoms with E-state index in [1.807, 2.05) is 51.4 Å². The van der Waals surface area contributed by atoms with Crippen LogP contribution >= 0.6 is 11.3 Å². The molecular formula is C18H24N2O2S. The summed E-state index contributed by atoms with van der Waals surface area (Å²) in [6, 6.07) is 12.0. The van der Waals surface area contributed by atoms with Crippen LogP contribution < -0.4 is 10.1 Å². The lowest BCUT2D eigenvalue weighted by molar-refractivity contribution is -0.120. The van der Waals surface area contributed by atoms with Gasteiger partial charge in [-0.05, 0) is 50.2 Å². The van der Waals surface area contributed by atoms with Gasteiger partial charge in [0.05, 0.1) is 19.1 Å². The van der Waals surface area contributed by atoms with E-state index in [0.717, 1.165) is 11.3 Å². The molecule has 0 fully saturated rings. The lowest BCUT2D eigenvalue weighted by Gasteiger charge is -2.23. The molecule has 4 nitrogen and oxygen atoms in total. The largest absolute Gasteiger partial charge is 0.494 e. The second-order valence-corrected chi connectivity index (χ2v) is 6.53. The second-order valence-electron chi connectivity index (χ2n) is 5.55. The molecule has 0 aliphatic heterocycles. The standard InChI is InChI=1S/C18H24N2O2S/c1-4-22-15-9-7-14(8-10-15)12-18(21)19-13-16(20(2)3)17-6-5-11-23-17/h5-11,16H,4,12-13H2,1-3H3,(H,19,21)/t16-/m0/s1. The van der Waals surface area contributed by atoms with E-state index < -0.39 is 0 Å². The van der Waals surface area contributed by atoms with Crippen molar-refractivity contribution in [3.8, 4) is 5.75 Å². The van der Waals surface area contributed by atoms with Crippen molar-refractivity contribution in [3.63, 3.8) is 0 Å². The summed E-state index contributed by atoms with van der Waals surface area (Å²) in [6.45, 7) is 3.22. The molecule has 1 amide bonds. The third-order valence-corrected chi connectivity index (χ3v) is 4.56. The highest BCUT2D eigenvalue weighted by Crippen LogP contribution is 2.22. The quantitative estimate of drug-likeness (QED) is 0.807. The number of carbonyl (C=O) groups is 1. The van der Waals surface area contributed by atoms with E-state index in [1.165, 1.54) is 4.88 Å². The predicted molar refractivity (Wildman–Crippen MR) is 95.1 cm³/mol. The van der Waals surface area contributed by atoms with Crippen LogP contribution in [0.1, 0.15) is 23.4 Å². The molecule has 1 aromatic carbocycles. The van der Waals surface area contributed by atoms with Gasteiger partial charge in [-0.1, -0.05) is 18.2 Å². The van der Waals surface area contributed by atoms with Crippen molar-refractivity contribution < 1.29 is 9.53 Å². The predicted octanol–water partition coefficient (Wildman–Crippen LogP) is 3.11. The van der Waals surface area contributed by atoms with Crippen LogP contribution in [0.3, 0.4) is 0 Å². The Hall–Kier alpha value is -1.85. The van der Waals surface area contributed by atoms with Crippen molar-refractivity contribution in [3.05, 3.63) is 52.2 Å². The first-order valence-corrected chi connectivity index (χ1v) is 8.66. The van der Waals surface area contributed by atoms with Crippen molar-refractivity contribution in [1.82, 2.24) is 10.2 Å². The van der Waals surface area contributed by atoms with Gasteiger partial charge in [0, 0.05) is 11.4 Å². The number of benzene rings is 1. The highest BCUT2D eigenvalue weighted by molar-refractivity contribution is 7.10. The molecule has 0 unspecified atom stereocenters. The summed E-state index contributed by atoms with van der Waals surface area (Å²) in [6.07, 6.45) is 0.386. The summed E-state index contributed by atoms with van der Waals surface area (Å²) >= 11 is 1.71. The number of carbonyl (C=O) groups excluding carboxylic acids is 1. The van der Waals surface area contributed by atoms with Gasteiger partial charge in [-0.25, -0.2) is 0 Å². The van der Waals surface area contributed by atoms with E-state index >= 15 is 0 Å². The third kappa shape index (κ3) is 5.37. The SMILES string of the molecule is CCOc1ccc(CC(=O)NC[C@@H](c2cccs2)N(C)C)cc1. The van der Waals surface area contributed by atoms with E-state index in [1.54, 1.807) is 11.3 Å². The molecule has 1 heterocycles. The maximum Gasteiger partial charge on any atom is 0.224 e. The number of hydrogen-bond donors (Lipinski definition) is 1. The molecular weight excluding hydrogens is 308 g/mol. The van der Waals surface area contributed by atoms with Gasteiger partial charge >= 0.3 is 0 Å². The van der Waals surface area contributed by atoms with E-state index in [0.29, 0.717) is 19.6 Å². The zero-order valence-electron chi connectivity index (χ0n) is 13.9. The van der Waals surface area contributed by atoms with Crippen LogP contribution in [0.25, 0.3) is 0 Å². The average Bonchev–Trinajstić information content (AvgIpc) is 3.03. The summed E-state index contributed by atoms with van der Waals surface area (Å²) in [4.78, 5) is 15.6. The van der Waals surface area contributed by atoms with E-state index in [4.69, 9.17) is 4.74 Å². The maximum atomic E-state index is 12.2. The molecule has 1 atom stereocenters. The molecule has 1 aromatic heterocycles. The molecule has 1 N–H and O–H groups in total. The fourth-order valence-corrected chi connectivity index (χ4v) is 3.27. The van der Waals surface area contributed by atoms with Gasteiger partial charge in [0.1, 0.15) is 5.75 Å². The molecule has 2 rings (SSSR count). The summed E-state index contributed by atoms with van der Waals surface area (Å²) in [5.41, 5.74) is 0.989. The normalized spacial score (nSPS) is 12.2. The van der Waals surface area contributed by atoms with Crippen LogP contribution in [0.15, 0.2) is 41.8 Å². The number of hydrogen-bond acceptors (Lipinski definition) is 4. The molecule has 5 heteroatoms. The highest BCUT2D eigenvalue weighted by atomic mass is 32.1. The fourth-order valence-electron chi connectivity index (χ4n) is 2.35. The number of thiophene rings is 1. The molecule has 0 saturated heterocycles. The van der Waals surface area contributed by atoms with Crippen LogP contribution in [0, 0.1) is 0 Å². The molecule has 0 bridgehead atoms. The monoisotopic (exact) mass is 332 g/mol. The average molecular weight is 332 g/mol. The molecule has 2 aromatic rings. The topological polar surface area (TPSA) is 41.6 Å². The Morgan fingerprint density at radius 2 is 2.00 bits per heavy atom. The smallest absolute Gasteiger partial charge is 0.224 e. The number of amides is 1. The molecule has 0 radical (unpaired) electrons. The lowest BCUT2D eigenvalue weighted by atomic mass is 10.1. The summed E-state index contributed by atoms with van der Waals surface area (Å²) in [7, 11) is 4.06. The minimum atomic E-state index is 0.0394. The number of likely N-dealkylation sites (N-methyl/N-ethyl adjacent to an activating group) is 1. The van der Waals surface area contributed by atoms with Crippen LogP contribution in [-0.2, 0) is 11.2 Å². The van der Waals surface area contributed by atoms with Gasteiger partial charge in [-0.2, -0.15) is 0 Å². The third-order valence-electron chi connectivity index (χ3n) is 3.59. The number of nitrogens with zero attached hydrogens (tertiary/aromatic N) is 1. The van der Waals surface area contributed by atoms with Crippen molar-refractivity contribution >= 4 is 17.2 Å². The van der Waals surface area contributed by atoms with E-state index in [-0.39, 0.29) is 11.9 Å². The zero-order valence-corrected chi connectivity index (χ0v) is 14.7. The molecule has 0 saturated carbocycles. The maximum absolute atomic E-state index is 12.2. The van der Waals surface area contributed by atoms with Gasteiger partial charge < -0.3 is 15.0 Å². The lowest BCUT2D eigenvalue weighted by Crippen LogP contribution is -2.34. The Morgan fingerprint density at radius 3 is 2.57 bits per heavy atom. The van der Waals surface area contributed by atoms with Gasteiger partial charge in [0.15, 0.2) is 0 Å². The summed E-state index contributed by atoms with van der Waals surface area (Å²) in [5.74, 6) is 0.875. The van der Waals surface area contributed by atoms with Crippen molar-refractivity contribution in [2.24, 2.45) is 0 Å². The Kier molecular flexibility index (Phi) is 6.62. The van der Waals surface area contributed by atoms with Crippen LogP contribution in [0.5, 0.6) is 5.75 Å². The summed E-state index contributed by atoms with van der Waals surface area (Å²) in [5, 5.41) is 5.10. The van der Waals surface area contributed by atoms with E-state index in [9.17, 15) is 4.79 Å². The second kappa shape index (κ2) is 8.70. The minimum Gasteiger partial charge on any atom is -0.494 e. The Labute approximate surface area is 142 Å². The molecule has 0 aliphatic carbocycles. The number of rotatable bonds is 8. The number of nitrogens with one attached hydrogen (secondary N) is 1. The van der Waals surface area contributed by atoms with Crippen molar-refractivity contribution in [1.29, 1.82) is 0 Å². The van der Waals surface area contributed by atoms with Gasteiger partial charge in [0.2, 0.25) is 5.91 Å². The molecule has 124 valence electrons. The summed E-state index contributed by atoms with van der Waals surface area (Å²) < 4.78 is 5.41. The molecule has 0 aliphatic rings. The zero-order chi connectivity index (χ0) is 16.7. The van der Waals surface area contributed by atoms with Crippen LogP contribution in [0.4, 0.5) is 0 Å². The minimum absolute atomic E-state index is 0.0394. The first-order valence-electron chi connectivity index (χ1n) is 7.78. The fraction of sp³-hybridized carbons (Fsp3) is 0.389. The Bertz CT molecular complexity index is 594. The van der Waals surface area contributed by atoms with Gasteiger partial charge in [-0.15, -0.1) is 11.3 Å². The molecule has 0 spiro atoms. The van der Waals surface area contributed by atoms with Crippen molar-refractivity contribution in [2.45, 2.75) is 19.4 Å². The number of ether oxygens (including phenoxy) is 1. The van der Waals surface area contributed by atoms with Crippen LogP contribution in [0.2, 0.25) is 0 Å². The Balaban J connectivity index is 1.86. The van der Waals surface area contributed by atoms with Crippen LogP contribution in [-0.4, -0.2) is 38.1 Å². The van der Waals surface area contributed by atoms with E-state index in [2.05, 4.69) is 21.7 Å². The van der Waals surface area contributed by atoms with Gasteiger partial charge in [-0.3, -0.25) is 4.79 Å². The first-order chi connectivity index (χ1) is 11.1.